The first kappa shape index (κ1) is 15.8. The van der Waals surface area contributed by atoms with E-state index >= 15 is 0 Å². The Kier molecular flexibility index (Phi) is 5.55. The molecule has 1 aromatic rings. The van der Waals surface area contributed by atoms with Gasteiger partial charge in [0.15, 0.2) is 0 Å². The molecule has 1 aliphatic heterocycles. The average Bonchev–Trinajstić information content (AvgIpc) is 2.94. The normalized spacial score (nSPS) is 20.9. The van der Waals surface area contributed by atoms with Gasteiger partial charge >= 0.3 is 0 Å². The van der Waals surface area contributed by atoms with Crippen LogP contribution in [-0.2, 0) is 15.7 Å². The molecule has 6 nitrogen and oxygen atoms in total. The highest BCUT2D eigenvalue weighted by Gasteiger charge is 2.24. The van der Waals surface area contributed by atoms with Crippen LogP contribution in [0.25, 0.3) is 10.4 Å². The number of rotatable bonds is 6. The highest BCUT2D eigenvalue weighted by atomic mass is 32.2. The molecule has 0 radical (unpaired) electrons. The fourth-order valence-corrected chi connectivity index (χ4v) is 3.66. The van der Waals surface area contributed by atoms with E-state index in [0.29, 0.717) is 5.75 Å². The number of hydrogen-bond acceptors (Lipinski definition) is 3. The molecule has 0 aromatic heterocycles. The summed E-state index contributed by atoms with van der Waals surface area (Å²) in [5, 5.41) is 3.42. The van der Waals surface area contributed by atoms with Gasteiger partial charge in [-0.3, -0.25) is 8.70 Å². The number of hydrogen-bond donors (Lipinski definition) is 0. The summed E-state index contributed by atoms with van der Waals surface area (Å²) in [4.78, 5) is 2.65. The van der Waals surface area contributed by atoms with Crippen LogP contribution in [-0.4, -0.2) is 36.3 Å². The molecule has 1 saturated heterocycles. The van der Waals surface area contributed by atoms with Crippen molar-refractivity contribution in [1.82, 2.24) is 0 Å². The molecule has 3 atom stereocenters. The van der Waals surface area contributed by atoms with Gasteiger partial charge in [0.25, 0.3) is 0 Å². The molecule has 0 N–H and O–H groups in total. The quantitative estimate of drug-likeness (QED) is 0.460. The number of ether oxygens (including phenoxy) is 1. The Labute approximate surface area is 125 Å². The van der Waals surface area contributed by atoms with Crippen molar-refractivity contribution in [2.24, 2.45) is 5.11 Å². The number of benzene rings is 1. The van der Waals surface area contributed by atoms with Crippen molar-refractivity contribution in [2.75, 3.05) is 30.4 Å². The minimum Gasteiger partial charge on any atom is -0.376 e. The summed E-state index contributed by atoms with van der Waals surface area (Å²) in [6, 6.07) is 6.33. The number of methoxy groups -OCH3 is 1. The standard InChI is InChI=1S/C13H17FN4O2S/c1-20-13(12(9-14)16-17-15)10-3-5-11(6-4-10)18-7-2-8-21(18)19/h3-6,12-13H,2,7-9H2,1H3/t12-,13-,21?/m1/s1. The van der Waals surface area contributed by atoms with Crippen molar-refractivity contribution < 1.29 is 13.3 Å². The van der Waals surface area contributed by atoms with E-state index < -0.39 is 29.8 Å². The minimum absolute atomic E-state index is 0.635. The first-order chi connectivity index (χ1) is 10.2. The summed E-state index contributed by atoms with van der Waals surface area (Å²) in [6.45, 7) is -0.0219. The van der Waals surface area contributed by atoms with Gasteiger partial charge in [-0.05, 0) is 29.6 Å². The van der Waals surface area contributed by atoms with Crippen LogP contribution in [0.1, 0.15) is 18.1 Å². The molecule has 2 rings (SSSR count). The van der Waals surface area contributed by atoms with Crippen molar-refractivity contribution in [3.63, 3.8) is 0 Å². The van der Waals surface area contributed by atoms with Crippen LogP contribution in [0.2, 0.25) is 0 Å². The lowest BCUT2D eigenvalue weighted by Gasteiger charge is -2.22. The second-order valence-corrected chi connectivity index (χ2v) is 6.15. The zero-order chi connectivity index (χ0) is 15.2. The Morgan fingerprint density at radius 2 is 2.24 bits per heavy atom. The van der Waals surface area contributed by atoms with Gasteiger partial charge in [0.2, 0.25) is 0 Å². The second-order valence-electron chi connectivity index (χ2n) is 4.66. The maximum absolute atomic E-state index is 13.0. The predicted octanol–water partition coefficient (Wildman–Crippen LogP) is 2.90. The number of halogens is 1. The van der Waals surface area contributed by atoms with Gasteiger partial charge in [0.1, 0.15) is 17.7 Å². The molecule has 1 heterocycles. The number of anilines is 1. The van der Waals surface area contributed by atoms with Crippen LogP contribution < -0.4 is 4.31 Å². The van der Waals surface area contributed by atoms with E-state index in [0.717, 1.165) is 24.2 Å². The highest BCUT2D eigenvalue weighted by molar-refractivity contribution is 7.86. The Morgan fingerprint density at radius 3 is 2.71 bits per heavy atom. The smallest absolute Gasteiger partial charge is 0.119 e. The van der Waals surface area contributed by atoms with Crippen molar-refractivity contribution >= 4 is 16.7 Å². The Hall–Kier alpha value is -1.63. The largest absolute Gasteiger partial charge is 0.376 e. The molecule has 0 saturated carbocycles. The van der Waals surface area contributed by atoms with E-state index in [2.05, 4.69) is 10.0 Å². The minimum atomic E-state index is -0.969. The van der Waals surface area contributed by atoms with Crippen LogP contribution >= 0.6 is 0 Å². The molecule has 0 aliphatic carbocycles. The molecule has 1 fully saturated rings. The highest BCUT2D eigenvalue weighted by Crippen LogP contribution is 2.27. The number of azide groups is 1. The van der Waals surface area contributed by atoms with Crippen LogP contribution in [0.5, 0.6) is 0 Å². The number of alkyl halides is 1. The SMILES string of the molecule is CO[C@H](c1ccc(N2CCCS2=O)cc1)[C@@H](CF)N=[N+]=[N-]. The summed E-state index contributed by atoms with van der Waals surface area (Å²) in [7, 11) is 0.479. The summed E-state index contributed by atoms with van der Waals surface area (Å²) >= 11 is 0. The number of nitrogens with zero attached hydrogens (tertiary/aromatic N) is 4. The zero-order valence-corrected chi connectivity index (χ0v) is 12.5. The molecule has 0 bridgehead atoms. The second kappa shape index (κ2) is 7.40. The Balaban J connectivity index is 2.20. The third-order valence-electron chi connectivity index (χ3n) is 3.40. The fourth-order valence-electron chi connectivity index (χ4n) is 2.37. The lowest BCUT2D eigenvalue weighted by atomic mass is 10.0. The van der Waals surface area contributed by atoms with Gasteiger partial charge in [-0.2, -0.15) is 0 Å². The summed E-state index contributed by atoms with van der Waals surface area (Å²) in [6.07, 6.45) is 0.277. The molecule has 0 spiro atoms. The van der Waals surface area contributed by atoms with Gasteiger partial charge in [-0.1, -0.05) is 17.2 Å². The molecule has 1 unspecified atom stereocenters. The van der Waals surface area contributed by atoms with Crippen LogP contribution in [0.15, 0.2) is 29.4 Å². The summed E-state index contributed by atoms with van der Waals surface area (Å²) < 4.78 is 31.8. The molecule has 114 valence electrons. The van der Waals surface area contributed by atoms with Gasteiger partial charge in [0.05, 0.1) is 12.1 Å². The first-order valence-electron chi connectivity index (χ1n) is 6.60. The van der Waals surface area contributed by atoms with E-state index in [1.807, 2.05) is 16.4 Å². The molecule has 1 aromatic carbocycles. The fraction of sp³-hybridized carbons (Fsp3) is 0.538. The summed E-state index contributed by atoms with van der Waals surface area (Å²) in [5.41, 5.74) is 10.1. The zero-order valence-electron chi connectivity index (χ0n) is 11.7. The predicted molar refractivity (Wildman–Crippen MR) is 80.1 cm³/mol. The molecule has 1 aliphatic rings. The van der Waals surface area contributed by atoms with E-state index in [1.165, 1.54) is 7.11 Å². The molecular weight excluding hydrogens is 295 g/mol. The van der Waals surface area contributed by atoms with Crippen molar-refractivity contribution in [2.45, 2.75) is 18.6 Å². The maximum atomic E-state index is 13.0. The van der Waals surface area contributed by atoms with Gasteiger partial charge < -0.3 is 4.74 Å². The monoisotopic (exact) mass is 312 g/mol. The maximum Gasteiger partial charge on any atom is 0.119 e. The van der Waals surface area contributed by atoms with E-state index in [9.17, 15) is 8.60 Å². The topological polar surface area (TPSA) is 78.3 Å². The molecule has 21 heavy (non-hydrogen) atoms. The van der Waals surface area contributed by atoms with E-state index in [-0.39, 0.29) is 0 Å². The molecule has 8 heteroatoms. The van der Waals surface area contributed by atoms with Gasteiger partial charge in [-0.15, -0.1) is 0 Å². The lowest BCUT2D eigenvalue weighted by Crippen LogP contribution is -2.21. The van der Waals surface area contributed by atoms with Gasteiger partial charge in [-0.25, -0.2) is 4.21 Å². The third-order valence-corrected chi connectivity index (χ3v) is 4.92. The van der Waals surface area contributed by atoms with Gasteiger partial charge in [0, 0.05) is 30.0 Å². The van der Waals surface area contributed by atoms with Crippen molar-refractivity contribution in [3.05, 3.63) is 40.3 Å². The molecule has 0 amide bonds. The van der Waals surface area contributed by atoms with E-state index in [1.54, 1.807) is 12.1 Å². The lowest BCUT2D eigenvalue weighted by molar-refractivity contribution is 0.0722. The van der Waals surface area contributed by atoms with Crippen molar-refractivity contribution in [3.8, 4) is 0 Å². The Bertz CT molecular complexity index is 548. The van der Waals surface area contributed by atoms with Crippen LogP contribution in [0.4, 0.5) is 10.1 Å². The molecular formula is C13H17FN4O2S. The average molecular weight is 312 g/mol. The third kappa shape index (κ3) is 3.53. The van der Waals surface area contributed by atoms with Crippen molar-refractivity contribution in [1.29, 1.82) is 0 Å². The van der Waals surface area contributed by atoms with E-state index in [4.69, 9.17) is 10.3 Å². The summed E-state index contributed by atoms with van der Waals surface area (Å²) in [5.74, 6) is 0.684. The first-order valence-corrected chi connectivity index (χ1v) is 7.87. The Morgan fingerprint density at radius 1 is 1.52 bits per heavy atom. The van der Waals surface area contributed by atoms with Crippen LogP contribution in [0.3, 0.4) is 0 Å². The van der Waals surface area contributed by atoms with Crippen LogP contribution in [0, 0.1) is 0 Å².